The van der Waals surface area contributed by atoms with E-state index in [-0.39, 0.29) is 19.1 Å². The Hall–Kier alpha value is -5.23. The third-order valence-corrected chi connectivity index (χ3v) is 7.30. The minimum Gasteiger partial charge on any atom is -0.444 e. The number of hydrogen-bond acceptors (Lipinski definition) is 7. The van der Waals surface area contributed by atoms with Crippen LogP contribution in [0.3, 0.4) is 0 Å². The van der Waals surface area contributed by atoms with E-state index in [1.54, 1.807) is 41.1 Å². The van der Waals surface area contributed by atoms with Crippen LogP contribution in [-0.2, 0) is 30.5 Å². The van der Waals surface area contributed by atoms with Crippen LogP contribution < -0.4 is 16.0 Å². The maximum absolute atomic E-state index is 13.6. The first-order valence-electron chi connectivity index (χ1n) is 15.6. The van der Waals surface area contributed by atoms with Gasteiger partial charge in [-0.15, -0.1) is 0 Å². The lowest BCUT2D eigenvalue weighted by Crippen LogP contribution is -2.59. The summed E-state index contributed by atoms with van der Waals surface area (Å²) < 4.78 is 12.6. The number of amides is 4. The first-order chi connectivity index (χ1) is 22.6. The van der Waals surface area contributed by atoms with Gasteiger partial charge in [0.05, 0.1) is 25.1 Å². The third-order valence-electron chi connectivity index (χ3n) is 7.30. The Morgan fingerprint density at radius 2 is 1.56 bits per heavy atom. The topological polar surface area (TPSA) is 144 Å². The van der Waals surface area contributed by atoms with Crippen molar-refractivity contribution in [3.05, 3.63) is 96.3 Å². The molecule has 0 radical (unpaired) electrons. The van der Waals surface area contributed by atoms with E-state index >= 15 is 0 Å². The van der Waals surface area contributed by atoms with Crippen molar-refractivity contribution in [2.24, 2.45) is 0 Å². The van der Waals surface area contributed by atoms with Crippen LogP contribution in [0.1, 0.15) is 51.8 Å². The van der Waals surface area contributed by atoms with Gasteiger partial charge in [0.15, 0.2) is 6.04 Å². The fourth-order valence-corrected chi connectivity index (χ4v) is 4.81. The lowest BCUT2D eigenvalue weighted by Gasteiger charge is -2.29. The van der Waals surface area contributed by atoms with Crippen LogP contribution in [0.5, 0.6) is 0 Å². The highest BCUT2D eigenvalue weighted by Gasteiger charge is 2.35. The fraction of sp³-hybridized carbons (Fsp3) is 0.361. The number of alkyl carbamates (subject to hydrolysis) is 1. The van der Waals surface area contributed by atoms with Crippen molar-refractivity contribution in [2.75, 3.05) is 26.0 Å². The number of carbonyl (C=O) groups excluding carboxylic acids is 4. The molecule has 3 aromatic carbocycles. The smallest absolute Gasteiger partial charge is 0.408 e. The summed E-state index contributed by atoms with van der Waals surface area (Å²) in [5.74, 6) is -1.41. The van der Waals surface area contributed by atoms with Crippen LogP contribution >= 0.6 is 0 Å². The van der Waals surface area contributed by atoms with Gasteiger partial charge in [0.25, 0.3) is 5.91 Å². The second-order valence-electron chi connectivity index (χ2n) is 13.2. The molecule has 254 valence electrons. The van der Waals surface area contributed by atoms with Gasteiger partial charge in [-0.25, -0.2) is 4.79 Å². The molecule has 0 spiro atoms. The molecule has 0 aliphatic rings. The van der Waals surface area contributed by atoms with Crippen LogP contribution in [0.4, 0.5) is 10.5 Å². The van der Waals surface area contributed by atoms with E-state index < -0.39 is 41.1 Å². The molecule has 0 saturated heterocycles. The standard InChI is InChI=1S/C36H44N6O6/c1-35(2,3)48-34(46)40-36(4,5)33(45)39-29(23-47-22-24-13-9-8-10-14-24)31(43)38-28-20-37-42(21-28)30(32(44)41(6)7)27-18-17-25-15-11-12-16-26(25)19-27/h8-21,29-30H,22-23H2,1-7H3,(H,38,43)(H,39,45)(H,40,46)/t29-,30?/m1/s1. The molecule has 48 heavy (non-hydrogen) atoms. The van der Waals surface area contributed by atoms with Crippen LogP contribution in [0.15, 0.2) is 85.2 Å². The van der Waals surface area contributed by atoms with Gasteiger partial charge in [-0.3, -0.25) is 19.1 Å². The van der Waals surface area contributed by atoms with E-state index in [2.05, 4.69) is 21.0 Å². The number of hydrogen-bond donors (Lipinski definition) is 3. The number of benzene rings is 3. The number of ether oxygens (including phenoxy) is 2. The van der Waals surface area contributed by atoms with Crippen molar-refractivity contribution in [3.63, 3.8) is 0 Å². The molecule has 1 aromatic heterocycles. The number of anilines is 1. The fourth-order valence-electron chi connectivity index (χ4n) is 4.81. The predicted molar refractivity (Wildman–Crippen MR) is 183 cm³/mol. The monoisotopic (exact) mass is 656 g/mol. The molecular weight excluding hydrogens is 612 g/mol. The maximum atomic E-state index is 13.6. The second-order valence-corrected chi connectivity index (χ2v) is 13.2. The number of rotatable bonds is 12. The van der Waals surface area contributed by atoms with Crippen molar-refractivity contribution < 1.29 is 28.7 Å². The van der Waals surface area contributed by atoms with E-state index in [1.807, 2.05) is 72.8 Å². The highest BCUT2D eigenvalue weighted by atomic mass is 16.6. The van der Waals surface area contributed by atoms with Crippen LogP contribution in [0, 0.1) is 0 Å². The summed E-state index contributed by atoms with van der Waals surface area (Å²) in [6.07, 6.45) is 2.23. The number of likely N-dealkylation sites (N-methyl/N-ethyl adjacent to an activating group) is 1. The number of nitrogens with zero attached hydrogens (tertiary/aromatic N) is 3. The van der Waals surface area contributed by atoms with Crippen molar-refractivity contribution in [1.29, 1.82) is 0 Å². The average molecular weight is 657 g/mol. The first-order valence-corrected chi connectivity index (χ1v) is 15.6. The van der Waals surface area contributed by atoms with Gasteiger partial charge in [-0.1, -0.05) is 66.7 Å². The molecular formula is C36H44N6O6. The van der Waals surface area contributed by atoms with Gasteiger partial charge >= 0.3 is 6.09 Å². The molecule has 0 saturated carbocycles. The molecule has 0 aliphatic heterocycles. The Morgan fingerprint density at radius 3 is 2.23 bits per heavy atom. The molecule has 1 unspecified atom stereocenters. The number of aromatic nitrogens is 2. The van der Waals surface area contributed by atoms with E-state index in [0.29, 0.717) is 5.69 Å². The van der Waals surface area contributed by atoms with Crippen molar-refractivity contribution in [3.8, 4) is 0 Å². The summed E-state index contributed by atoms with van der Waals surface area (Å²) in [6, 6.07) is 21.1. The Labute approximate surface area is 280 Å². The molecule has 4 rings (SSSR count). The molecule has 4 amide bonds. The highest BCUT2D eigenvalue weighted by molar-refractivity contribution is 5.99. The number of fused-ring (bicyclic) bond motifs is 1. The molecule has 2 atom stereocenters. The zero-order chi connectivity index (χ0) is 35.1. The van der Waals surface area contributed by atoms with Gasteiger partial charge in [-0.2, -0.15) is 5.10 Å². The van der Waals surface area contributed by atoms with E-state index in [0.717, 1.165) is 21.9 Å². The molecule has 12 nitrogen and oxygen atoms in total. The molecule has 4 aromatic rings. The Balaban J connectivity index is 1.53. The molecule has 12 heteroatoms. The average Bonchev–Trinajstić information content (AvgIpc) is 3.47. The van der Waals surface area contributed by atoms with Crippen molar-refractivity contribution in [2.45, 2.75) is 64.4 Å². The van der Waals surface area contributed by atoms with E-state index in [9.17, 15) is 19.2 Å². The first kappa shape index (κ1) is 35.6. The zero-order valence-corrected chi connectivity index (χ0v) is 28.4. The minimum atomic E-state index is -1.43. The highest BCUT2D eigenvalue weighted by Crippen LogP contribution is 2.26. The van der Waals surface area contributed by atoms with Crippen LogP contribution in [-0.4, -0.2) is 76.4 Å². The van der Waals surface area contributed by atoms with E-state index in [1.165, 1.54) is 29.6 Å². The lowest BCUT2D eigenvalue weighted by molar-refractivity contribution is -0.131. The van der Waals surface area contributed by atoms with Gasteiger partial charge in [-0.05, 0) is 62.6 Å². The largest absolute Gasteiger partial charge is 0.444 e. The van der Waals surface area contributed by atoms with Crippen LogP contribution in [0.2, 0.25) is 0 Å². The number of nitrogens with one attached hydrogen (secondary N) is 3. The molecule has 1 heterocycles. The van der Waals surface area contributed by atoms with Crippen molar-refractivity contribution in [1.82, 2.24) is 25.3 Å². The summed E-state index contributed by atoms with van der Waals surface area (Å²) in [7, 11) is 3.34. The predicted octanol–water partition coefficient (Wildman–Crippen LogP) is 4.66. The molecule has 0 bridgehead atoms. The Bertz CT molecular complexity index is 1740. The third kappa shape index (κ3) is 9.64. The van der Waals surface area contributed by atoms with E-state index in [4.69, 9.17) is 9.47 Å². The summed E-state index contributed by atoms with van der Waals surface area (Å²) in [4.78, 5) is 54.3. The summed E-state index contributed by atoms with van der Waals surface area (Å²) in [5, 5.41) is 14.5. The molecule has 0 aliphatic carbocycles. The quantitative estimate of drug-likeness (QED) is 0.201. The van der Waals surface area contributed by atoms with Crippen molar-refractivity contribution >= 4 is 40.3 Å². The normalized spacial score (nSPS) is 12.9. The second kappa shape index (κ2) is 15.1. The Kier molecular flexibility index (Phi) is 11.2. The lowest BCUT2D eigenvalue weighted by atomic mass is 10.0. The van der Waals surface area contributed by atoms with Gasteiger partial charge in [0.2, 0.25) is 11.8 Å². The summed E-state index contributed by atoms with van der Waals surface area (Å²) in [5.41, 5.74) is -0.260. The van der Waals surface area contributed by atoms with Crippen LogP contribution in [0.25, 0.3) is 10.8 Å². The van der Waals surface area contributed by atoms with Gasteiger partial charge in [0.1, 0.15) is 17.2 Å². The molecule has 3 N–H and O–H groups in total. The summed E-state index contributed by atoms with van der Waals surface area (Å²) in [6.45, 7) is 8.20. The zero-order valence-electron chi connectivity index (χ0n) is 28.4. The number of carbonyl (C=O) groups is 4. The molecule has 0 fully saturated rings. The van der Waals surface area contributed by atoms with Gasteiger partial charge in [0, 0.05) is 20.3 Å². The minimum absolute atomic E-state index is 0.165. The van der Waals surface area contributed by atoms with Gasteiger partial charge < -0.3 is 30.3 Å². The maximum Gasteiger partial charge on any atom is 0.408 e. The summed E-state index contributed by atoms with van der Waals surface area (Å²) >= 11 is 0. The SMILES string of the molecule is CN(C)C(=O)C(c1ccc2ccccc2c1)n1cc(NC(=O)[C@@H](COCc2ccccc2)NC(=O)C(C)(C)NC(=O)OC(C)(C)C)cn1. The Morgan fingerprint density at radius 1 is 0.896 bits per heavy atom.